The molecule has 1 aliphatic heterocycles. The second-order valence-electron chi connectivity index (χ2n) is 9.33. The first-order chi connectivity index (χ1) is 16.2. The van der Waals surface area contributed by atoms with E-state index >= 15 is 4.39 Å². The predicted octanol–water partition coefficient (Wildman–Crippen LogP) is 3.22. The molecule has 178 valence electrons. The maximum atomic E-state index is 15.8. The van der Waals surface area contributed by atoms with Crippen molar-refractivity contribution in [3.8, 4) is 6.07 Å². The number of hydrogen-bond acceptors (Lipinski definition) is 5. The number of carbonyl (C=O) groups is 2. The Morgan fingerprint density at radius 1 is 1.35 bits per heavy atom. The number of rotatable bonds is 8. The number of likely N-dealkylation sites (tertiary alicyclic amines) is 1. The summed E-state index contributed by atoms with van der Waals surface area (Å²) in [6, 6.07) is 10.1. The fourth-order valence-electron chi connectivity index (χ4n) is 4.41. The van der Waals surface area contributed by atoms with Crippen molar-refractivity contribution in [2.24, 2.45) is 11.7 Å². The van der Waals surface area contributed by atoms with Crippen molar-refractivity contribution >= 4 is 23.2 Å². The van der Waals surface area contributed by atoms with E-state index in [2.05, 4.69) is 23.1 Å². The lowest BCUT2D eigenvalue weighted by molar-refractivity contribution is -0.117. The molecule has 1 aliphatic carbocycles. The lowest BCUT2D eigenvalue weighted by atomic mass is 9.83. The molecule has 2 fully saturated rings. The molecular formula is C25H29FN6O2. The summed E-state index contributed by atoms with van der Waals surface area (Å²) in [6.45, 7) is 7.12. The standard InChI is InChI=1S/C25H29FN6O2/c1-16(2)18-5-3-17(4-6-18)13-31-12-10-25(9-11-27,21(26)15-31)32-14-20(22(28)33)23(30-32)29-24(34)19-7-8-19/h3-6,14,19,21H,1,7-10,12-13,15H2,2H3,(H2,28,33)(H,29,30,34). The third kappa shape index (κ3) is 4.73. The largest absolute Gasteiger partial charge is 0.365 e. The van der Waals surface area contributed by atoms with Crippen LogP contribution in [0, 0.1) is 17.2 Å². The van der Waals surface area contributed by atoms with Crippen molar-refractivity contribution < 1.29 is 14.0 Å². The molecule has 0 spiro atoms. The van der Waals surface area contributed by atoms with Gasteiger partial charge in [0.25, 0.3) is 5.91 Å². The van der Waals surface area contributed by atoms with Gasteiger partial charge in [-0.25, -0.2) is 4.39 Å². The van der Waals surface area contributed by atoms with E-state index in [1.165, 1.54) is 10.9 Å². The van der Waals surface area contributed by atoms with Crippen LogP contribution < -0.4 is 11.1 Å². The predicted molar refractivity (Wildman–Crippen MR) is 126 cm³/mol. The number of primary amides is 1. The van der Waals surface area contributed by atoms with Crippen molar-refractivity contribution in [1.29, 1.82) is 5.26 Å². The molecule has 2 heterocycles. The number of anilines is 1. The summed E-state index contributed by atoms with van der Waals surface area (Å²) in [6.07, 6.45) is 1.72. The number of nitrogens with one attached hydrogen (secondary N) is 1. The van der Waals surface area contributed by atoms with E-state index in [-0.39, 0.29) is 36.2 Å². The smallest absolute Gasteiger partial charge is 0.254 e. The van der Waals surface area contributed by atoms with Gasteiger partial charge in [0.15, 0.2) is 5.82 Å². The zero-order valence-electron chi connectivity index (χ0n) is 19.3. The van der Waals surface area contributed by atoms with Crippen LogP contribution in [0.5, 0.6) is 0 Å². The molecular weight excluding hydrogens is 435 g/mol. The van der Waals surface area contributed by atoms with Gasteiger partial charge in [-0.05, 0) is 37.3 Å². The number of carbonyl (C=O) groups excluding carboxylic acids is 2. The Hall–Kier alpha value is -3.51. The van der Waals surface area contributed by atoms with E-state index < -0.39 is 17.6 Å². The molecule has 1 saturated carbocycles. The average Bonchev–Trinajstić information content (AvgIpc) is 3.56. The maximum Gasteiger partial charge on any atom is 0.254 e. The summed E-state index contributed by atoms with van der Waals surface area (Å²) >= 11 is 0. The Morgan fingerprint density at radius 3 is 2.62 bits per heavy atom. The van der Waals surface area contributed by atoms with E-state index in [0.29, 0.717) is 19.5 Å². The van der Waals surface area contributed by atoms with Crippen LogP contribution in [0.3, 0.4) is 0 Å². The highest BCUT2D eigenvalue weighted by Crippen LogP contribution is 2.37. The molecule has 1 aromatic carbocycles. The summed E-state index contributed by atoms with van der Waals surface area (Å²) in [4.78, 5) is 26.2. The molecule has 3 N–H and O–H groups in total. The van der Waals surface area contributed by atoms with Gasteiger partial charge in [0.1, 0.15) is 17.3 Å². The normalized spacial score (nSPS) is 22.7. The summed E-state index contributed by atoms with van der Waals surface area (Å²) in [5.74, 6) is -1.07. The topological polar surface area (TPSA) is 117 Å². The Balaban J connectivity index is 1.54. The molecule has 0 bridgehead atoms. The second-order valence-corrected chi connectivity index (χ2v) is 9.33. The van der Waals surface area contributed by atoms with Gasteiger partial charge in [0.2, 0.25) is 5.91 Å². The van der Waals surface area contributed by atoms with Crippen LogP contribution in [-0.2, 0) is 16.9 Å². The van der Waals surface area contributed by atoms with Crippen LogP contribution in [0.25, 0.3) is 5.57 Å². The molecule has 2 aromatic rings. The monoisotopic (exact) mass is 464 g/mol. The maximum absolute atomic E-state index is 15.8. The fourth-order valence-corrected chi connectivity index (χ4v) is 4.41. The number of amides is 2. The number of nitrogens with zero attached hydrogens (tertiary/aromatic N) is 4. The molecule has 0 radical (unpaired) electrons. The van der Waals surface area contributed by atoms with Gasteiger partial charge in [0.05, 0.1) is 12.5 Å². The number of alkyl halides is 1. The molecule has 1 saturated heterocycles. The van der Waals surface area contributed by atoms with Crippen molar-refractivity contribution in [3.63, 3.8) is 0 Å². The Bertz CT molecular complexity index is 1150. The SMILES string of the molecule is C=C(C)c1ccc(CN2CCC(CC#N)(n3cc(C(N)=O)c(NC(=O)C4CC4)n3)C(F)C2)cc1. The van der Waals surface area contributed by atoms with E-state index in [1.807, 2.05) is 36.1 Å². The molecule has 1 aromatic heterocycles. The van der Waals surface area contributed by atoms with E-state index in [9.17, 15) is 14.9 Å². The third-order valence-electron chi connectivity index (χ3n) is 6.73. The lowest BCUT2D eigenvalue weighted by Gasteiger charge is -2.43. The highest BCUT2D eigenvalue weighted by atomic mass is 19.1. The third-order valence-corrected chi connectivity index (χ3v) is 6.73. The summed E-state index contributed by atoms with van der Waals surface area (Å²) in [5.41, 5.74) is 7.37. The number of hydrogen-bond donors (Lipinski definition) is 2. The number of aromatic nitrogens is 2. The minimum absolute atomic E-state index is 0.0125. The number of piperidine rings is 1. The van der Waals surface area contributed by atoms with Crippen molar-refractivity contribution in [2.45, 2.75) is 50.9 Å². The molecule has 8 nitrogen and oxygen atoms in total. The van der Waals surface area contributed by atoms with Gasteiger partial charge in [-0.1, -0.05) is 36.4 Å². The molecule has 2 aliphatic rings. The first kappa shape index (κ1) is 23.6. The van der Waals surface area contributed by atoms with Crippen molar-refractivity contribution in [1.82, 2.24) is 14.7 Å². The minimum Gasteiger partial charge on any atom is -0.365 e. The van der Waals surface area contributed by atoms with Crippen LogP contribution in [0.15, 0.2) is 37.0 Å². The van der Waals surface area contributed by atoms with Gasteiger partial charge in [0, 0.05) is 31.7 Å². The first-order valence-corrected chi connectivity index (χ1v) is 11.4. The Morgan fingerprint density at radius 2 is 2.06 bits per heavy atom. The van der Waals surface area contributed by atoms with E-state index in [0.717, 1.165) is 29.5 Å². The summed E-state index contributed by atoms with van der Waals surface area (Å²) < 4.78 is 17.1. The summed E-state index contributed by atoms with van der Waals surface area (Å²) in [5, 5.41) is 16.5. The Labute approximate surface area is 198 Å². The Kier molecular flexibility index (Phi) is 6.53. The molecule has 4 rings (SSSR count). The molecule has 2 amide bonds. The van der Waals surface area contributed by atoms with Crippen LogP contribution in [0.2, 0.25) is 0 Å². The quantitative estimate of drug-likeness (QED) is 0.622. The van der Waals surface area contributed by atoms with Crippen LogP contribution in [0.1, 0.15) is 54.1 Å². The van der Waals surface area contributed by atoms with Crippen LogP contribution >= 0.6 is 0 Å². The van der Waals surface area contributed by atoms with Crippen LogP contribution in [0.4, 0.5) is 10.2 Å². The van der Waals surface area contributed by atoms with E-state index in [4.69, 9.17) is 5.73 Å². The van der Waals surface area contributed by atoms with Gasteiger partial charge in [-0.3, -0.25) is 19.2 Å². The second kappa shape index (κ2) is 9.39. The van der Waals surface area contributed by atoms with Gasteiger partial charge < -0.3 is 11.1 Å². The number of allylic oxidation sites excluding steroid dienone is 1. The van der Waals surface area contributed by atoms with Crippen LogP contribution in [-0.4, -0.2) is 45.8 Å². The molecule has 2 atom stereocenters. The summed E-state index contributed by atoms with van der Waals surface area (Å²) in [7, 11) is 0. The number of benzene rings is 1. The molecule has 2 unspecified atom stereocenters. The zero-order chi connectivity index (χ0) is 24.5. The van der Waals surface area contributed by atoms with Gasteiger partial charge in [-0.15, -0.1) is 0 Å². The highest BCUT2D eigenvalue weighted by molar-refractivity contribution is 6.02. The minimum atomic E-state index is -1.41. The number of halogens is 1. The number of nitrogens with two attached hydrogens (primary N) is 1. The number of nitriles is 1. The van der Waals surface area contributed by atoms with Gasteiger partial charge in [-0.2, -0.15) is 10.4 Å². The first-order valence-electron chi connectivity index (χ1n) is 11.4. The zero-order valence-corrected chi connectivity index (χ0v) is 19.3. The van der Waals surface area contributed by atoms with E-state index in [1.54, 1.807) is 0 Å². The average molecular weight is 465 g/mol. The molecule has 9 heteroatoms. The lowest BCUT2D eigenvalue weighted by Crippen LogP contribution is -2.54. The van der Waals surface area contributed by atoms with Crippen molar-refractivity contribution in [3.05, 3.63) is 53.7 Å². The molecule has 34 heavy (non-hydrogen) atoms. The van der Waals surface area contributed by atoms with Gasteiger partial charge >= 0.3 is 0 Å². The highest BCUT2D eigenvalue weighted by Gasteiger charge is 2.47. The van der Waals surface area contributed by atoms with Crippen molar-refractivity contribution in [2.75, 3.05) is 18.4 Å². The fraction of sp³-hybridized carbons (Fsp3) is 0.440.